The van der Waals surface area contributed by atoms with Crippen molar-refractivity contribution in [2.75, 3.05) is 24.7 Å². The van der Waals surface area contributed by atoms with Crippen LogP contribution in [-0.2, 0) is 15.0 Å². The topological polar surface area (TPSA) is 85.3 Å². The van der Waals surface area contributed by atoms with Crippen molar-refractivity contribution >= 4 is 23.1 Å². The monoisotopic (exact) mass is 513 g/mol. The highest BCUT2D eigenvalue weighted by molar-refractivity contribution is 6.51. The number of aliphatic hydroxyl groups excluding tert-OH is 1. The average Bonchev–Trinajstić information content (AvgIpc) is 3.18. The summed E-state index contributed by atoms with van der Waals surface area (Å²) >= 11 is 0. The van der Waals surface area contributed by atoms with Gasteiger partial charge in [0, 0.05) is 11.3 Å². The van der Waals surface area contributed by atoms with E-state index in [-0.39, 0.29) is 16.7 Å². The molecule has 2 heterocycles. The molecule has 1 fully saturated rings. The number of ether oxygens (including phenoxy) is 3. The van der Waals surface area contributed by atoms with Crippen LogP contribution in [0.25, 0.3) is 5.76 Å². The lowest BCUT2D eigenvalue weighted by atomic mass is 9.85. The van der Waals surface area contributed by atoms with Gasteiger partial charge in [-0.05, 0) is 65.9 Å². The summed E-state index contributed by atoms with van der Waals surface area (Å²) in [5.41, 5.74) is 2.68. The van der Waals surface area contributed by atoms with Crippen molar-refractivity contribution in [1.82, 2.24) is 0 Å². The summed E-state index contributed by atoms with van der Waals surface area (Å²) < 4.78 is 16.8. The molecule has 1 atom stereocenters. The van der Waals surface area contributed by atoms with Crippen LogP contribution in [0.4, 0.5) is 5.69 Å². The molecule has 38 heavy (non-hydrogen) atoms. The zero-order valence-corrected chi connectivity index (χ0v) is 22.0. The van der Waals surface area contributed by atoms with E-state index in [0.717, 1.165) is 5.56 Å². The van der Waals surface area contributed by atoms with Crippen LogP contribution >= 0.6 is 0 Å². The normalized spacial score (nSPS) is 18.5. The molecule has 0 saturated carbocycles. The third-order valence-electron chi connectivity index (χ3n) is 6.78. The number of carbonyl (C=O) groups excluding carboxylic acids is 2. The number of carbonyl (C=O) groups is 2. The minimum Gasteiger partial charge on any atom is -0.507 e. The molecule has 3 aromatic carbocycles. The van der Waals surface area contributed by atoms with Crippen LogP contribution in [0.5, 0.6) is 17.2 Å². The summed E-state index contributed by atoms with van der Waals surface area (Å²) in [6.45, 7) is 9.60. The Morgan fingerprint density at radius 1 is 0.947 bits per heavy atom. The molecular formula is C31H31NO6. The molecule has 0 spiro atoms. The minimum atomic E-state index is -0.824. The highest BCUT2D eigenvalue weighted by atomic mass is 16.6. The van der Waals surface area contributed by atoms with Gasteiger partial charge in [0.15, 0.2) is 11.5 Å². The van der Waals surface area contributed by atoms with E-state index in [0.29, 0.717) is 53.9 Å². The Morgan fingerprint density at radius 3 is 2.24 bits per heavy atom. The summed E-state index contributed by atoms with van der Waals surface area (Å²) in [6, 6.07) is 19.0. The first kappa shape index (κ1) is 25.4. The van der Waals surface area contributed by atoms with E-state index in [1.165, 1.54) is 4.90 Å². The molecule has 3 aromatic rings. The Bertz CT molecular complexity index is 1400. The molecule has 0 radical (unpaired) electrons. The van der Waals surface area contributed by atoms with Crippen LogP contribution < -0.4 is 19.1 Å². The first-order chi connectivity index (χ1) is 18.2. The van der Waals surface area contributed by atoms with Crippen LogP contribution in [0, 0.1) is 0 Å². The van der Waals surface area contributed by atoms with Gasteiger partial charge in [0.2, 0.25) is 0 Å². The maximum Gasteiger partial charge on any atom is 0.300 e. The van der Waals surface area contributed by atoms with Crippen molar-refractivity contribution < 1.29 is 28.9 Å². The molecule has 7 heteroatoms. The lowest BCUT2D eigenvalue weighted by molar-refractivity contribution is -0.132. The molecule has 1 amide bonds. The van der Waals surface area contributed by atoms with Gasteiger partial charge in [0.05, 0.1) is 18.2 Å². The number of hydrogen-bond donors (Lipinski definition) is 1. The lowest BCUT2D eigenvalue weighted by Gasteiger charge is -2.27. The summed E-state index contributed by atoms with van der Waals surface area (Å²) in [4.78, 5) is 28.4. The second kappa shape index (κ2) is 9.89. The van der Waals surface area contributed by atoms with Crippen molar-refractivity contribution in [3.63, 3.8) is 0 Å². The van der Waals surface area contributed by atoms with Crippen molar-refractivity contribution in [2.45, 2.75) is 39.2 Å². The van der Waals surface area contributed by atoms with Crippen LogP contribution in [-0.4, -0.2) is 36.6 Å². The fraction of sp³-hybridized carbons (Fsp3) is 0.290. The molecule has 0 aliphatic carbocycles. The SMILES string of the molecule is CCOc1ccc(N2C(=O)C(=O)/C(=C(\O)c3ccc4c(c3)OCCO4)C2c2ccc(C(C)(C)C)cc2)cc1. The van der Waals surface area contributed by atoms with Crippen molar-refractivity contribution in [2.24, 2.45) is 0 Å². The third kappa shape index (κ3) is 4.60. The van der Waals surface area contributed by atoms with Gasteiger partial charge < -0.3 is 19.3 Å². The Morgan fingerprint density at radius 2 is 1.61 bits per heavy atom. The van der Waals surface area contributed by atoms with Gasteiger partial charge in [-0.3, -0.25) is 14.5 Å². The Hall–Kier alpha value is -4.26. The maximum absolute atomic E-state index is 13.5. The van der Waals surface area contributed by atoms with Gasteiger partial charge in [-0.1, -0.05) is 45.0 Å². The van der Waals surface area contributed by atoms with Gasteiger partial charge in [0.25, 0.3) is 11.7 Å². The molecule has 1 saturated heterocycles. The van der Waals surface area contributed by atoms with E-state index in [4.69, 9.17) is 14.2 Å². The maximum atomic E-state index is 13.5. The lowest BCUT2D eigenvalue weighted by Crippen LogP contribution is -2.29. The number of rotatable bonds is 5. The van der Waals surface area contributed by atoms with Gasteiger partial charge in [-0.2, -0.15) is 0 Å². The molecule has 7 nitrogen and oxygen atoms in total. The fourth-order valence-electron chi connectivity index (χ4n) is 4.80. The molecule has 2 aliphatic heterocycles. The number of Topliss-reactive ketones (excluding diaryl/α,β-unsaturated/α-hetero) is 1. The largest absolute Gasteiger partial charge is 0.507 e. The van der Waals surface area contributed by atoms with Gasteiger partial charge in [-0.15, -0.1) is 0 Å². The first-order valence-electron chi connectivity index (χ1n) is 12.7. The number of hydrogen-bond acceptors (Lipinski definition) is 6. The second-order valence-electron chi connectivity index (χ2n) is 10.3. The number of anilines is 1. The number of amides is 1. The Balaban J connectivity index is 1.65. The van der Waals surface area contributed by atoms with Crippen LogP contribution in [0.3, 0.4) is 0 Å². The summed E-state index contributed by atoms with van der Waals surface area (Å²) in [5.74, 6) is -0.0211. The first-order valence-corrected chi connectivity index (χ1v) is 12.7. The van der Waals surface area contributed by atoms with Gasteiger partial charge in [-0.25, -0.2) is 0 Å². The van der Waals surface area contributed by atoms with E-state index in [1.54, 1.807) is 42.5 Å². The number of aliphatic hydroxyl groups is 1. The zero-order chi connectivity index (χ0) is 27.0. The fourth-order valence-corrected chi connectivity index (χ4v) is 4.80. The van der Waals surface area contributed by atoms with Crippen LogP contribution in [0.1, 0.15) is 50.4 Å². The molecule has 1 N–H and O–H groups in total. The van der Waals surface area contributed by atoms with Gasteiger partial charge in [0.1, 0.15) is 24.7 Å². The zero-order valence-electron chi connectivity index (χ0n) is 22.0. The molecule has 1 unspecified atom stereocenters. The van der Waals surface area contributed by atoms with Crippen molar-refractivity contribution in [1.29, 1.82) is 0 Å². The van der Waals surface area contributed by atoms with Crippen LogP contribution in [0.15, 0.2) is 72.3 Å². The standard InChI is InChI=1S/C31H31NO6/c1-5-36-23-13-11-22(12-14-23)32-27(19-6-9-21(10-7-19)31(2,3)4)26(29(34)30(32)35)28(33)20-8-15-24-25(18-20)38-17-16-37-24/h6-15,18,27,33H,5,16-17H2,1-4H3/b28-26-. The predicted octanol–water partition coefficient (Wildman–Crippen LogP) is 5.78. The number of fused-ring (bicyclic) bond motifs is 1. The minimum absolute atomic E-state index is 0.0177. The highest BCUT2D eigenvalue weighted by Gasteiger charge is 2.47. The predicted molar refractivity (Wildman–Crippen MR) is 145 cm³/mol. The quantitative estimate of drug-likeness (QED) is 0.264. The summed E-state index contributed by atoms with van der Waals surface area (Å²) in [7, 11) is 0. The van der Waals surface area contributed by atoms with Crippen molar-refractivity contribution in [3.8, 4) is 17.2 Å². The summed E-state index contributed by atoms with van der Waals surface area (Å²) in [6.07, 6.45) is 0. The summed E-state index contributed by atoms with van der Waals surface area (Å²) in [5, 5.41) is 11.5. The number of nitrogens with zero attached hydrogens (tertiary/aromatic N) is 1. The number of ketones is 1. The highest BCUT2D eigenvalue weighted by Crippen LogP contribution is 2.44. The Kier molecular flexibility index (Phi) is 6.61. The van der Waals surface area contributed by atoms with Crippen LogP contribution in [0.2, 0.25) is 0 Å². The molecule has 5 rings (SSSR count). The molecule has 0 bridgehead atoms. The Labute approximate surface area is 222 Å². The third-order valence-corrected chi connectivity index (χ3v) is 6.78. The van der Waals surface area contributed by atoms with E-state index in [9.17, 15) is 14.7 Å². The molecular weight excluding hydrogens is 482 g/mol. The molecule has 0 aromatic heterocycles. The van der Waals surface area contributed by atoms with Gasteiger partial charge >= 0.3 is 0 Å². The molecule has 2 aliphatic rings. The second-order valence-corrected chi connectivity index (χ2v) is 10.3. The smallest absolute Gasteiger partial charge is 0.300 e. The average molecular weight is 514 g/mol. The van der Waals surface area contributed by atoms with Crippen molar-refractivity contribution in [3.05, 3.63) is 89.0 Å². The van der Waals surface area contributed by atoms with E-state index < -0.39 is 17.7 Å². The van der Waals surface area contributed by atoms with E-state index in [2.05, 4.69) is 20.8 Å². The molecule has 196 valence electrons. The number of benzene rings is 3. The van der Waals surface area contributed by atoms with E-state index >= 15 is 0 Å². The van der Waals surface area contributed by atoms with E-state index in [1.807, 2.05) is 31.2 Å².